The van der Waals surface area contributed by atoms with Crippen molar-refractivity contribution in [1.82, 2.24) is 4.90 Å². The van der Waals surface area contributed by atoms with Crippen LogP contribution in [-0.2, 0) is 9.53 Å². The number of nitrogens with zero attached hydrogens (tertiary/aromatic N) is 2. The molecule has 1 aliphatic carbocycles. The van der Waals surface area contributed by atoms with E-state index in [1.165, 1.54) is 20.0 Å². The first kappa shape index (κ1) is 15.5. The molecule has 0 saturated heterocycles. The molecule has 1 fully saturated rings. The third-order valence-corrected chi connectivity index (χ3v) is 2.59. The topological polar surface area (TPSA) is 67.9 Å². The molecule has 0 radical (unpaired) electrons. The average molecular weight is 341 g/mol. The zero-order valence-electron chi connectivity index (χ0n) is 9.97. The van der Waals surface area contributed by atoms with Gasteiger partial charge >= 0.3 is 5.97 Å². The molecule has 0 aromatic carbocycles. The highest BCUT2D eigenvalue weighted by Gasteiger charge is 2.27. The van der Waals surface area contributed by atoms with E-state index in [9.17, 15) is 4.79 Å². The number of hydrogen-bond acceptors (Lipinski definition) is 3. The lowest BCUT2D eigenvalue weighted by Gasteiger charge is -2.17. The second-order valence-electron chi connectivity index (χ2n) is 3.97. The standard InChI is InChI=1S/C10H19N3O2.HI/c1-7(9(14)15-3)6-12-10(11)13(2)8-4-5-8;/h7-8H,4-6H2,1-3H3,(H2,11,12);1H. The van der Waals surface area contributed by atoms with Gasteiger partial charge in [0.2, 0.25) is 0 Å². The molecule has 1 aliphatic rings. The molecule has 0 bridgehead atoms. The zero-order chi connectivity index (χ0) is 11.4. The quantitative estimate of drug-likeness (QED) is 0.356. The lowest BCUT2D eigenvalue weighted by molar-refractivity contribution is -0.144. The Balaban J connectivity index is 0.00000225. The second-order valence-corrected chi connectivity index (χ2v) is 3.97. The number of carbonyl (C=O) groups excluding carboxylic acids is 1. The van der Waals surface area contributed by atoms with Crippen LogP contribution in [0.15, 0.2) is 4.99 Å². The molecule has 1 unspecified atom stereocenters. The van der Waals surface area contributed by atoms with Crippen molar-refractivity contribution in [2.45, 2.75) is 25.8 Å². The predicted octanol–water partition coefficient (Wildman–Crippen LogP) is 0.822. The van der Waals surface area contributed by atoms with Crippen molar-refractivity contribution in [1.29, 1.82) is 0 Å². The molecule has 16 heavy (non-hydrogen) atoms. The SMILES string of the molecule is COC(=O)C(C)CN=C(N)N(C)C1CC1.I. The minimum Gasteiger partial charge on any atom is -0.469 e. The highest BCUT2D eigenvalue weighted by molar-refractivity contribution is 14.0. The number of guanidine groups is 1. The van der Waals surface area contributed by atoms with E-state index in [-0.39, 0.29) is 35.9 Å². The molecule has 2 N–H and O–H groups in total. The Morgan fingerprint density at radius 1 is 1.62 bits per heavy atom. The molecule has 0 aliphatic heterocycles. The largest absolute Gasteiger partial charge is 0.469 e. The summed E-state index contributed by atoms with van der Waals surface area (Å²) < 4.78 is 4.60. The number of esters is 1. The van der Waals surface area contributed by atoms with Crippen LogP contribution in [0.1, 0.15) is 19.8 Å². The Labute approximate surface area is 113 Å². The molecule has 1 saturated carbocycles. The molecule has 1 atom stereocenters. The first-order valence-electron chi connectivity index (χ1n) is 5.16. The van der Waals surface area contributed by atoms with Crippen molar-refractivity contribution in [2.24, 2.45) is 16.6 Å². The highest BCUT2D eigenvalue weighted by Crippen LogP contribution is 2.24. The van der Waals surface area contributed by atoms with E-state index in [2.05, 4.69) is 9.73 Å². The molecular weight excluding hydrogens is 321 g/mol. The van der Waals surface area contributed by atoms with Crippen molar-refractivity contribution >= 4 is 35.9 Å². The highest BCUT2D eigenvalue weighted by atomic mass is 127. The molecule has 0 spiro atoms. The Morgan fingerprint density at radius 3 is 2.62 bits per heavy atom. The maximum atomic E-state index is 11.1. The molecule has 5 nitrogen and oxygen atoms in total. The summed E-state index contributed by atoms with van der Waals surface area (Å²) in [6.45, 7) is 2.16. The fourth-order valence-electron chi connectivity index (χ4n) is 1.27. The number of carbonyl (C=O) groups is 1. The number of halogens is 1. The van der Waals surface area contributed by atoms with Crippen LogP contribution in [0, 0.1) is 5.92 Å². The van der Waals surface area contributed by atoms with Gasteiger partial charge in [0.1, 0.15) is 0 Å². The molecule has 0 aromatic rings. The normalized spacial score (nSPS) is 17.3. The summed E-state index contributed by atoms with van der Waals surface area (Å²) in [7, 11) is 3.31. The van der Waals surface area contributed by atoms with E-state index < -0.39 is 0 Å². The lowest BCUT2D eigenvalue weighted by Crippen LogP contribution is -2.36. The van der Waals surface area contributed by atoms with Gasteiger partial charge in [-0.1, -0.05) is 6.92 Å². The van der Waals surface area contributed by atoms with Crippen LogP contribution < -0.4 is 5.73 Å². The van der Waals surface area contributed by atoms with E-state index >= 15 is 0 Å². The third kappa shape index (κ3) is 4.54. The smallest absolute Gasteiger partial charge is 0.310 e. The van der Waals surface area contributed by atoms with Gasteiger partial charge in [-0.05, 0) is 12.8 Å². The van der Waals surface area contributed by atoms with Crippen LogP contribution in [0.2, 0.25) is 0 Å². The van der Waals surface area contributed by atoms with E-state index in [1.807, 2.05) is 11.9 Å². The van der Waals surface area contributed by atoms with E-state index in [1.54, 1.807) is 6.92 Å². The van der Waals surface area contributed by atoms with Crippen molar-refractivity contribution in [3.05, 3.63) is 0 Å². The molecular formula is C10H20IN3O2. The molecule has 94 valence electrons. The second kappa shape index (κ2) is 6.93. The van der Waals surface area contributed by atoms with Gasteiger partial charge in [0.25, 0.3) is 0 Å². The van der Waals surface area contributed by atoms with Gasteiger partial charge in [0.05, 0.1) is 19.6 Å². The summed E-state index contributed by atoms with van der Waals surface area (Å²) in [5.74, 6) is 0.0232. The number of hydrogen-bond donors (Lipinski definition) is 1. The van der Waals surface area contributed by atoms with Gasteiger partial charge in [-0.15, -0.1) is 24.0 Å². The summed E-state index contributed by atoms with van der Waals surface area (Å²) in [5, 5.41) is 0. The minimum atomic E-state index is -0.249. The third-order valence-electron chi connectivity index (χ3n) is 2.59. The monoisotopic (exact) mass is 341 g/mol. The fraction of sp³-hybridized carbons (Fsp3) is 0.800. The Morgan fingerprint density at radius 2 is 2.19 bits per heavy atom. The van der Waals surface area contributed by atoms with Crippen LogP contribution in [0.3, 0.4) is 0 Å². The number of ether oxygens (including phenoxy) is 1. The van der Waals surface area contributed by atoms with Crippen molar-refractivity contribution < 1.29 is 9.53 Å². The van der Waals surface area contributed by atoms with Crippen molar-refractivity contribution in [3.63, 3.8) is 0 Å². The van der Waals surface area contributed by atoms with Gasteiger partial charge in [-0.3, -0.25) is 9.79 Å². The van der Waals surface area contributed by atoms with Gasteiger partial charge in [0, 0.05) is 13.1 Å². The number of nitrogens with two attached hydrogens (primary N) is 1. The van der Waals surface area contributed by atoms with Gasteiger partial charge < -0.3 is 15.4 Å². The Hall–Kier alpha value is -0.530. The first-order chi connectivity index (χ1) is 7.06. The molecule has 6 heteroatoms. The van der Waals surface area contributed by atoms with Crippen LogP contribution in [-0.4, -0.2) is 43.6 Å². The van der Waals surface area contributed by atoms with Gasteiger partial charge in [-0.2, -0.15) is 0 Å². The zero-order valence-corrected chi connectivity index (χ0v) is 12.3. The van der Waals surface area contributed by atoms with E-state index in [0.717, 1.165) is 0 Å². The van der Waals surface area contributed by atoms with Crippen LogP contribution >= 0.6 is 24.0 Å². The van der Waals surface area contributed by atoms with Gasteiger partial charge in [0.15, 0.2) is 5.96 Å². The fourth-order valence-corrected chi connectivity index (χ4v) is 1.27. The predicted molar refractivity (Wildman–Crippen MR) is 73.9 cm³/mol. The number of aliphatic imine (C=N–C) groups is 1. The summed E-state index contributed by atoms with van der Waals surface area (Å²) in [6.07, 6.45) is 2.36. The summed E-state index contributed by atoms with van der Waals surface area (Å²) in [4.78, 5) is 17.2. The summed E-state index contributed by atoms with van der Waals surface area (Å²) in [6, 6.07) is 0.544. The Bertz CT molecular complexity index is 267. The average Bonchev–Trinajstić information content (AvgIpc) is 3.06. The van der Waals surface area contributed by atoms with E-state index in [0.29, 0.717) is 18.5 Å². The number of rotatable bonds is 4. The van der Waals surface area contributed by atoms with Crippen LogP contribution in [0.5, 0.6) is 0 Å². The molecule has 0 aromatic heterocycles. The van der Waals surface area contributed by atoms with Crippen LogP contribution in [0.4, 0.5) is 0 Å². The minimum absolute atomic E-state index is 0. The van der Waals surface area contributed by atoms with E-state index in [4.69, 9.17) is 5.73 Å². The number of methoxy groups -OCH3 is 1. The van der Waals surface area contributed by atoms with Crippen molar-refractivity contribution in [2.75, 3.05) is 20.7 Å². The Kier molecular flexibility index (Phi) is 6.70. The van der Waals surface area contributed by atoms with Crippen LogP contribution in [0.25, 0.3) is 0 Å². The lowest BCUT2D eigenvalue weighted by atomic mass is 10.2. The molecule has 0 amide bonds. The summed E-state index contributed by atoms with van der Waals surface area (Å²) in [5.41, 5.74) is 5.77. The first-order valence-corrected chi connectivity index (χ1v) is 5.16. The van der Waals surface area contributed by atoms with Crippen molar-refractivity contribution in [3.8, 4) is 0 Å². The van der Waals surface area contributed by atoms with Gasteiger partial charge in [-0.25, -0.2) is 0 Å². The molecule has 0 heterocycles. The molecule has 1 rings (SSSR count). The summed E-state index contributed by atoms with van der Waals surface area (Å²) >= 11 is 0. The maximum absolute atomic E-state index is 11.1. The maximum Gasteiger partial charge on any atom is 0.310 e.